The van der Waals surface area contributed by atoms with Crippen molar-refractivity contribution in [2.24, 2.45) is 0 Å². The van der Waals surface area contributed by atoms with Crippen molar-refractivity contribution in [3.63, 3.8) is 0 Å². The lowest BCUT2D eigenvalue weighted by Crippen LogP contribution is -2.25. The highest BCUT2D eigenvalue weighted by atomic mass is 35.7. The molecule has 0 N–H and O–H groups in total. The van der Waals surface area contributed by atoms with Gasteiger partial charge in [0, 0.05) is 22.3 Å². The van der Waals surface area contributed by atoms with E-state index in [1.807, 2.05) is 0 Å². The van der Waals surface area contributed by atoms with Crippen molar-refractivity contribution in [2.45, 2.75) is 105 Å². The van der Waals surface area contributed by atoms with Gasteiger partial charge in [-0.15, -0.1) is 0 Å². The Morgan fingerprint density at radius 2 is 0.706 bits per heavy atom. The summed E-state index contributed by atoms with van der Waals surface area (Å²) in [5.41, 5.74) is 4.53. The van der Waals surface area contributed by atoms with Gasteiger partial charge in [-0.3, -0.25) is 0 Å². The van der Waals surface area contributed by atoms with Crippen LogP contribution in [0.4, 0.5) is 0 Å². The summed E-state index contributed by atoms with van der Waals surface area (Å²) in [7, 11) is 2.45. The van der Waals surface area contributed by atoms with Crippen LogP contribution in [0.3, 0.4) is 0 Å². The number of hydrogen-bond donors (Lipinski definition) is 0. The quantitative estimate of drug-likeness (QED) is 0.388. The van der Waals surface area contributed by atoms with Gasteiger partial charge in [-0.05, 0) is 56.5 Å². The Bertz CT molecular complexity index is 874. The molecule has 0 unspecified atom stereocenters. The van der Waals surface area contributed by atoms with E-state index < -0.39 is 7.27 Å². The molecule has 0 atom stereocenters. The maximum absolute atomic E-state index is 7.39. The van der Waals surface area contributed by atoms with E-state index in [9.17, 15) is 0 Å². The van der Waals surface area contributed by atoms with Crippen LogP contribution in [0.2, 0.25) is 0 Å². The third-order valence-electron chi connectivity index (χ3n) is 6.24. The predicted octanol–water partition coefficient (Wildman–Crippen LogP) is 8.48. The van der Waals surface area contributed by atoms with Crippen LogP contribution in [0.15, 0.2) is 24.3 Å². The molecule has 0 saturated heterocycles. The van der Waals surface area contributed by atoms with Crippen molar-refractivity contribution < 1.29 is 9.47 Å². The number of hydrogen-bond acceptors (Lipinski definition) is 2. The second-order valence-electron chi connectivity index (χ2n) is 13.4. The second kappa shape index (κ2) is 9.67. The van der Waals surface area contributed by atoms with Crippen LogP contribution in [0, 0.1) is 0 Å². The Kier molecular flexibility index (Phi) is 8.24. The van der Waals surface area contributed by atoms with Crippen molar-refractivity contribution >= 4 is 29.1 Å². The molecule has 0 aliphatic rings. The van der Waals surface area contributed by atoms with Gasteiger partial charge in [0.25, 0.3) is 0 Å². The summed E-state index contributed by atoms with van der Waals surface area (Å²) < 4.78 is 12.0. The molecule has 0 aliphatic carbocycles. The van der Waals surface area contributed by atoms with Gasteiger partial charge in [0.15, 0.2) is 0 Å². The fourth-order valence-corrected chi connectivity index (χ4v) is 6.12. The average molecular weight is 505 g/mol. The monoisotopic (exact) mass is 504 g/mol. The lowest BCUT2D eigenvalue weighted by atomic mass is 9.79. The molecular weight excluding hydrogens is 459 g/mol. The van der Waals surface area contributed by atoms with Crippen LogP contribution in [-0.2, 0) is 21.7 Å². The van der Waals surface area contributed by atoms with Crippen LogP contribution in [-0.4, -0.2) is 14.2 Å². The summed E-state index contributed by atoms with van der Waals surface area (Å²) in [5.74, 6) is 1.95. The van der Waals surface area contributed by atoms with Gasteiger partial charge in [0.05, 0.1) is 21.5 Å². The minimum absolute atomic E-state index is 0.0680. The maximum Gasteiger partial charge on any atom is 0.126 e. The first-order valence-electron chi connectivity index (χ1n) is 12.2. The molecule has 2 nitrogen and oxygen atoms in total. The summed E-state index contributed by atoms with van der Waals surface area (Å²) in [6.07, 6.45) is 0. The van der Waals surface area contributed by atoms with E-state index in [0.29, 0.717) is 0 Å². The van der Waals surface area contributed by atoms with Crippen LogP contribution >= 0.6 is 18.5 Å². The third-order valence-corrected chi connectivity index (χ3v) is 8.84. The molecule has 0 saturated carbocycles. The van der Waals surface area contributed by atoms with Crippen molar-refractivity contribution in [3.8, 4) is 11.5 Å². The molecule has 2 aromatic carbocycles. The average Bonchev–Trinajstić information content (AvgIpc) is 2.68. The van der Waals surface area contributed by atoms with Crippen molar-refractivity contribution in [1.29, 1.82) is 0 Å². The third kappa shape index (κ3) is 6.11. The first-order valence-corrected chi connectivity index (χ1v) is 14.4. The number of methoxy groups -OCH3 is 2. The van der Waals surface area contributed by atoms with E-state index >= 15 is 0 Å². The molecule has 190 valence electrons. The molecule has 0 heterocycles. The summed E-state index contributed by atoms with van der Waals surface area (Å²) in [6, 6.07) is 9.07. The van der Waals surface area contributed by atoms with Gasteiger partial charge in [0.1, 0.15) is 11.5 Å². The second-order valence-corrected chi connectivity index (χ2v) is 16.0. The molecule has 0 spiro atoms. The first kappa shape index (κ1) is 29.0. The highest BCUT2D eigenvalue weighted by molar-refractivity contribution is 7.95. The zero-order valence-electron chi connectivity index (χ0n) is 24.0. The van der Waals surface area contributed by atoms with E-state index in [-0.39, 0.29) is 21.7 Å². The highest BCUT2D eigenvalue weighted by Gasteiger charge is 2.32. The lowest BCUT2D eigenvalue weighted by molar-refractivity contribution is 0.381. The minimum Gasteiger partial charge on any atom is -0.496 e. The Hall–Kier alpha value is -1.24. The SMILES string of the molecule is COc1c(C(C)(C)C)cc(P(Cl)c2cc(C(C)(C)C)c(OC)c(C(C)(C)C)c2)cc1C(C)(C)C. The van der Waals surface area contributed by atoms with Gasteiger partial charge in [-0.2, -0.15) is 0 Å². The Balaban J connectivity index is 2.90. The first-order chi connectivity index (χ1) is 15.2. The zero-order chi connectivity index (χ0) is 26.4. The molecule has 2 aromatic rings. The number of benzene rings is 2. The molecular formula is C30H46ClO2P. The van der Waals surface area contributed by atoms with Crippen LogP contribution in [0.5, 0.6) is 11.5 Å². The van der Waals surface area contributed by atoms with Crippen molar-refractivity contribution in [2.75, 3.05) is 14.2 Å². The molecule has 0 radical (unpaired) electrons. The Morgan fingerprint density at radius 3 is 0.853 bits per heavy atom. The van der Waals surface area contributed by atoms with E-state index in [0.717, 1.165) is 22.1 Å². The predicted molar refractivity (Wildman–Crippen MR) is 153 cm³/mol. The van der Waals surface area contributed by atoms with Gasteiger partial charge in [-0.25, -0.2) is 0 Å². The Labute approximate surface area is 215 Å². The van der Waals surface area contributed by atoms with Crippen molar-refractivity contribution in [1.82, 2.24) is 0 Å². The van der Waals surface area contributed by atoms with Gasteiger partial charge in [0.2, 0.25) is 0 Å². The van der Waals surface area contributed by atoms with E-state index in [2.05, 4.69) is 107 Å². The van der Waals surface area contributed by atoms with Gasteiger partial charge < -0.3 is 9.47 Å². The summed E-state index contributed by atoms with van der Waals surface area (Å²) in [6.45, 7) is 26.8. The standard InChI is InChI=1S/C30H46ClO2P/c1-27(2,3)21-15-19(16-22(25(21)32-13)28(4,5)6)34(31)20-17-23(29(7,8)9)26(33-14)24(18-20)30(10,11)12/h15-18H,1-14H3. The van der Waals surface area contributed by atoms with E-state index in [1.54, 1.807) is 14.2 Å². The zero-order valence-corrected chi connectivity index (χ0v) is 25.6. The molecule has 34 heavy (non-hydrogen) atoms. The van der Waals surface area contributed by atoms with Gasteiger partial charge in [-0.1, -0.05) is 94.3 Å². The summed E-state index contributed by atoms with van der Waals surface area (Å²) in [5, 5.41) is 2.33. The van der Waals surface area contributed by atoms with Crippen LogP contribution in [0.1, 0.15) is 105 Å². The number of ether oxygens (including phenoxy) is 2. The molecule has 4 heteroatoms. The van der Waals surface area contributed by atoms with E-state index in [4.69, 9.17) is 20.7 Å². The van der Waals surface area contributed by atoms with Crippen molar-refractivity contribution in [3.05, 3.63) is 46.5 Å². The normalized spacial score (nSPS) is 13.4. The fraction of sp³-hybridized carbons (Fsp3) is 0.600. The smallest absolute Gasteiger partial charge is 0.126 e. The largest absolute Gasteiger partial charge is 0.496 e. The highest BCUT2D eigenvalue weighted by Crippen LogP contribution is 2.48. The molecule has 0 bridgehead atoms. The lowest BCUT2D eigenvalue weighted by Gasteiger charge is -2.32. The molecule has 0 aromatic heterocycles. The summed E-state index contributed by atoms with van der Waals surface area (Å²) in [4.78, 5) is 0. The maximum atomic E-state index is 7.39. The van der Waals surface area contributed by atoms with Crippen LogP contribution < -0.4 is 20.1 Å². The molecule has 2 rings (SSSR count). The van der Waals surface area contributed by atoms with Gasteiger partial charge >= 0.3 is 0 Å². The van der Waals surface area contributed by atoms with Crippen LogP contribution in [0.25, 0.3) is 0 Å². The summed E-state index contributed by atoms with van der Waals surface area (Å²) >= 11 is 7.39. The molecule has 0 aliphatic heterocycles. The fourth-order valence-electron chi connectivity index (χ4n) is 4.27. The molecule has 0 fully saturated rings. The minimum atomic E-state index is -1.10. The van der Waals surface area contributed by atoms with E-state index in [1.165, 1.54) is 22.3 Å². The topological polar surface area (TPSA) is 18.5 Å². The number of rotatable bonds is 4. The Morgan fingerprint density at radius 1 is 0.500 bits per heavy atom. The molecule has 0 amide bonds. The number of halogens is 1.